The summed E-state index contributed by atoms with van der Waals surface area (Å²) in [6.07, 6.45) is 7.05. The quantitative estimate of drug-likeness (QED) is 0.458. The Morgan fingerprint density at radius 1 is 1.27 bits per heavy atom. The van der Waals surface area contributed by atoms with Gasteiger partial charge in [-0.05, 0) is 55.5 Å². The molecule has 0 bridgehead atoms. The zero-order valence-corrected chi connectivity index (χ0v) is 20.9. The molecule has 1 aliphatic carbocycles. The minimum atomic E-state index is -0.464. The van der Waals surface area contributed by atoms with E-state index in [-0.39, 0.29) is 12.7 Å². The maximum Gasteiger partial charge on any atom is 0.238 e. The van der Waals surface area contributed by atoms with Crippen LogP contribution in [0.2, 0.25) is 0 Å². The van der Waals surface area contributed by atoms with Gasteiger partial charge in [0.25, 0.3) is 0 Å². The number of benzene rings is 1. The van der Waals surface area contributed by atoms with Crippen LogP contribution in [0, 0.1) is 11.3 Å². The summed E-state index contributed by atoms with van der Waals surface area (Å²) in [6.45, 7) is 3.73. The predicted molar refractivity (Wildman–Crippen MR) is 139 cm³/mol. The molecule has 3 N–H and O–H groups in total. The number of aliphatic hydroxyl groups excluding tert-OH is 1. The maximum atomic E-state index is 10.0. The Balaban J connectivity index is 1.35. The first-order chi connectivity index (χ1) is 18.1. The molecule has 2 aliphatic heterocycles. The molecule has 0 radical (unpaired) electrons. The molecule has 0 saturated heterocycles. The number of pyridine rings is 1. The fourth-order valence-electron chi connectivity index (χ4n) is 5.37. The average Bonchev–Trinajstić information content (AvgIpc) is 3.57. The van der Waals surface area contributed by atoms with Crippen LogP contribution in [0.4, 0.5) is 17.3 Å². The molecule has 0 unspecified atom stereocenters. The van der Waals surface area contributed by atoms with E-state index in [9.17, 15) is 10.4 Å². The lowest BCUT2D eigenvalue weighted by Gasteiger charge is -2.22. The molecule has 1 atom stereocenters. The number of anilines is 3. The number of aromatic nitrogens is 3. The smallest absolute Gasteiger partial charge is 0.238 e. The van der Waals surface area contributed by atoms with Crippen LogP contribution >= 0.6 is 0 Å². The molecule has 9 nitrogen and oxygen atoms in total. The van der Waals surface area contributed by atoms with Crippen molar-refractivity contribution in [3.8, 4) is 23.2 Å². The molecule has 3 aliphatic rings. The Morgan fingerprint density at radius 3 is 2.95 bits per heavy atom. The normalized spacial score (nSPS) is 20.6. The van der Waals surface area contributed by atoms with Crippen LogP contribution in [-0.4, -0.2) is 45.9 Å². The predicted octanol–water partition coefficient (Wildman–Crippen LogP) is 4.22. The number of hydrogen-bond donors (Lipinski definition) is 3. The Morgan fingerprint density at radius 2 is 2.14 bits per heavy atom. The van der Waals surface area contributed by atoms with Gasteiger partial charge in [-0.15, -0.1) is 0 Å². The number of aliphatic hydroxyl groups is 1. The van der Waals surface area contributed by atoms with Gasteiger partial charge in [0, 0.05) is 35.7 Å². The zero-order valence-electron chi connectivity index (χ0n) is 20.9. The van der Waals surface area contributed by atoms with Crippen LogP contribution in [0.15, 0.2) is 30.5 Å². The van der Waals surface area contributed by atoms with Crippen molar-refractivity contribution in [1.82, 2.24) is 15.0 Å². The third-order valence-electron chi connectivity index (χ3n) is 7.59. The van der Waals surface area contributed by atoms with E-state index in [1.54, 1.807) is 6.20 Å². The lowest BCUT2D eigenvalue weighted by molar-refractivity contribution is 0.108. The fourth-order valence-corrected chi connectivity index (χ4v) is 5.37. The summed E-state index contributed by atoms with van der Waals surface area (Å²) in [6, 6.07) is 9.97. The van der Waals surface area contributed by atoms with Crippen LogP contribution in [0.3, 0.4) is 0 Å². The van der Waals surface area contributed by atoms with Crippen molar-refractivity contribution in [2.24, 2.45) is 0 Å². The van der Waals surface area contributed by atoms with E-state index < -0.39 is 5.41 Å². The van der Waals surface area contributed by atoms with Crippen molar-refractivity contribution in [3.63, 3.8) is 0 Å². The van der Waals surface area contributed by atoms with Crippen molar-refractivity contribution >= 4 is 17.3 Å². The number of fused-ring (bicyclic) bond motifs is 2. The second-order valence-corrected chi connectivity index (χ2v) is 10.3. The van der Waals surface area contributed by atoms with E-state index in [1.165, 1.54) is 12.8 Å². The highest BCUT2D eigenvalue weighted by atomic mass is 16.5. The van der Waals surface area contributed by atoms with Crippen LogP contribution in [0.5, 0.6) is 5.88 Å². The van der Waals surface area contributed by atoms with Gasteiger partial charge in [0.15, 0.2) is 0 Å². The van der Waals surface area contributed by atoms with Gasteiger partial charge in [0.1, 0.15) is 17.9 Å². The van der Waals surface area contributed by atoms with Gasteiger partial charge in [-0.2, -0.15) is 5.26 Å². The fraction of sp³-hybridized carbons (Fsp3) is 0.429. The van der Waals surface area contributed by atoms with Crippen molar-refractivity contribution in [1.29, 1.82) is 5.26 Å². The summed E-state index contributed by atoms with van der Waals surface area (Å²) >= 11 is 0. The first kappa shape index (κ1) is 23.6. The highest BCUT2D eigenvalue weighted by Gasteiger charge is 2.36. The molecule has 3 aromatic rings. The molecule has 0 amide bonds. The SMILES string of the molecule is C[C@]1(CO)CNc2c(C#N)cc(-c3ccnc(Nc4cc5c(nc4OC4CCCC4)CCOC5)n3)cc21. The van der Waals surface area contributed by atoms with E-state index in [0.717, 1.165) is 53.0 Å². The number of rotatable bonds is 6. The number of nitrogens with zero attached hydrogens (tertiary/aromatic N) is 4. The lowest BCUT2D eigenvalue weighted by Crippen LogP contribution is -2.28. The molecular formula is C28H30N6O3. The molecular weight excluding hydrogens is 468 g/mol. The number of ether oxygens (including phenoxy) is 2. The second kappa shape index (κ2) is 9.61. The Hall–Kier alpha value is -3.74. The van der Waals surface area contributed by atoms with Crippen molar-refractivity contribution in [3.05, 3.63) is 52.8 Å². The van der Waals surface area contributed by atoms with E-state index in [2.05, 4.69) is 21.7 Å². The largest absolute Gasteiger partial charge is 0.473 e. The van der Waals surface area contributed by atoms with Gasteiger partial charge in [-0.3, -0.25) is 0 Å². The third kappa shape index (κ3) is 4.47. The number of nitriles is 1. The van der Waals surface area contributed by atoms with Gasteiger partial charge < -0.3 is 25.2 Å². The summed E-state index contributed by atoms with van der Waals surface area (Å²) in [4.78, 5) is 14.1. The van der Waals surface area contributed by atoms with Gasteiger partial charge >= 0.3 is 0 Å². The molecule has 0 spiro atoms. The van der Waals surface area contributed by atoms with E-state index >= 15 is 0 Å². The Kier molecular flexibility index (Phi) is 6.14. The molecule has 4 heterocycles. The molecule has 190 valence electrons. The molecule has 6 rings (SSSR count). The van der Waals surface area contributed by atoms with Crippen molar-refractivity contribution in [2.45, 2.75) is 57.2 Å². The topological polar surface area (TPSA) is 125 Å². The molecule has 37 heavy (non-hydrogen) atoms. The highest BCUT2D eigenvalue weighted by molar-refractivity contribution is 5.76. The van der Waals surface area contributed by atoms with Gasteiger partial charge in [-0.25, -0.2) is 15.0 Å². The van der Waals surface area contributed by atoms with Gasteiger partial charge in [0.05, 0.1) is 42.5 Å². The monoisotopic (exact) mass is 498 g/mol. The Bertz CT molecular complexity index is 1380. The van der Waals surface area contributed by atoms with Crippen LogP contribution in [0.1, 0.15) is 55.0 Å². The van der Waals surface area contributed by atoms with Gasteiger partial charge in [-0.1, -0.05) is 6.92 Å². The zero-order chi connectivity index (χ0) is 25.4. The summed E-state index contributed by atoms with van der Waals surface area (Å²) < 4.78 is 12.0. The maximum absolute atomic E-state index is 10.0. The summed E-state index contributed by atoms with van der Waals surface area (Å²) in [7, 11) is 0. The number of nitrogens with one attached hydrogen (secondary N) is 2. The summed E-state index contributed by atoms with van der Waals surface area (Å²) in [5, 5.41) is 26.4. The van der Waals surface area contributed by atoms with Crippen molar-refractivity contribution in [2.75, 3.05) is 30.4 Å². The molecule has 1 fully saturated rings. The van der Waals surface area contributed by atoms with Gasteiger partial charge in [0.2, 0.25) is 11.8 Å². The van der Waals surface area contributed by atoms with Crippen LogP contribution in [-0.2, 0) is 23.2 Å². The van der Waals surface area contributed by atoms with E-state index in [0.29, 0.717) is 42.8 Å². The van der Waals surface area contributed by atoms with Crippen molar-refractivity contribution < 1.29 is 14.6 Å². The summed E-state index contributed by atoms with van der Waals surface area (Å²) in [5.74, 6) is 0.991. The van der Waals surface area contributed by atoms with E-state index in [4.69, 9.17) is 19.4 Å². The average molecular weight is 499 g/mol. The highest BCUT2D eigenvalue weighted by Crippen LogP contribution is 2.41. The summed E-state index contributed by atoms with van der Waals surface area (Å²) in [5.41, 5.74) is 6.02. The first-order valence-electron chi connectivity index (χ1n) is 12.9. The second-order valence-electron chi connectivity index (χ2n) is 10.3. The lowest BCUT2D eigenvalue weighted by atomic mass is 9.83. The molecule has 2 aromatic heterocycles. The molecule has 9 heteroatoms. The van der Waals surface area contributed by atoms with Crippen LogP contribution in [0.25, 0.3) is 11.3 Å². The minimum Gasteiger partial charge on any atom is -0.473 e. The Labute approximate surface area is 215 Å². The third-order valence-corrected chi connectivity index (χ3v) is 7.59. The minimum absolute atomic E-state index is 0.0171. The van der Waals surface area contributed by atoms with E-state index in [1.807, 2.05) is 31.2 Å². The molecule has 1 aromatic carbocycles. The standard InChI is InChI=1S/C28H30N6O3/c1-28(16-35)15-31-25-18(13-29)10-17(11-21(25)28)22-6-8-30-27(33-22)34-24-12-19-14-36-9-7-23(19)32-26(24)37-20-4-2-3-5-20/h6,8,10-12,20,31,35H,2-5,7,9,14-16H2,1H3,(H,30,33,34)/t28-/m1/s1. The van der Waals surface area contributed by atoms with Crippen LogP contribution < -0.4 is 15.4 Å². The number of hydrogen-bond acceptors (Lipinski definition) is 9. The first-order valence-corrected chi connectivity index (χ1v) is 12.9. The molecule has 1 saturated carbocycles.